The third-order valence-corrected chi connectivity index (χ3v) is 6.82. The largest absolute Gasteiger partial charge is 0.369 e. The Morgan fingerprint density at radius 1 is 1.12 bits per heavy atom. The molecule has 2 rings (SSSR count). The molecule has 0 aliphatic carbocycles. The normalized spacial score (nSPS) is 22.9. The maximum Gasteiger partial charge on any atom is 0.225 e. The van der Waals surface area contributed by atoms with Gasteiger partial charge in [0.2, 0.25) is 5.79 Å². The van der Waals surface area contributed by atoms with Crippen LogP contribution in [-0.4, -0.2) is 41.0 Å². The van der Waals surface area contributed by atoms with E-state index in [1.165, 1.54) is 4.58 Å². The minimum absolute atomic E-state index is 0. The number of nitrogens with one attached hydrogen (secondary N) is 1. The average Bonchev–Trinajstić information content (AvgIpc) is 2.95. The van der Waals surface area contributed by atoms with Gasteiger partial charge in [-0.15, -0.1) is 19.7 Å². The molecule has 0 saturated carbocycles. The van der Waals surface area contributed by atoms with Crippen molar-refractivity contribution in [1.82, 2.24) is 10.3 Å². The van der Waals surface area contributed by atoms with Gasteiger partial charge in [-0.3, -0.25) is 9.98 Å². The number of rotatable bonds is 7. The second kappa shape index (κ2) is 20.7. The van der Waals surface area contributed by atoms with Crippen LogP contribution in [0.3, 0.4) is 0 Å². The number of aromatic nitrogens is 1. The SMILES string of the molecule is C=C.C=CC1(C)C(NC)=[N+]([CH2-])[C@@](C)(F)C(C)(C)/C1=C(/C=C/c1ccncc1)C/C(C)=C/C=NCC.CC.CC.[U]. The van der Waals surface area contributed by atoms with Crippen molar-refractivity contribution in [3.05, 3.63) is 91.8 Å². The van der Waals surface area contributed by atoms with Crippen molar-refractivity contribution in [2.24, 2.45) is 15.8 Å². The monoisotopic (exact) mass is 776 g/mol. The van der Waals surface area contributed by atoms with Gasteiger partial charge in [0, 0.05) is 68.6 Å². The van der Waals surface area contributed by atoms with Gasteiger partial charge >= 0.3 is 0 Å². The minimum Gasteiger partial charge on any atom is -0.369 e. The number of hydrogen-bond donors (Lipinski definition) is 1. The second-order valence-electron chi connectivity index (χ2n) is 9.36. The Balaban J connectivity index is -0.00000183. The quantitative estimate of drug-likeness (QED) is 0.0988. The van der Waals surface area contributed by atoms with Crippen molar-refractivity contribution in [2.45, 2.75) is 81.5 Å². The average molecular weight is 777 g/mol. The zero-order chi connectivity index (χ0) is 30.9. The van der Waals surface area contributed by atoms with E-state index in [2.05, 4.69) is 68.1 Å². The van der Waals surface area contributed by atoms with Crippen molar-refractivity contribution in [2.75, 3.05) is 13.6 Å². The molecule has 1 unspecified atom stereocenters. The fraction of sp³-hybridized carbons (Fsp3) is 0.471. The molecule has 1 aliphatic heterocycles. The van der Waals surface area contributed by atoms with Gasteiger partial charge in [0.25, 0.3) is 0 Å². The molecule has 6 heteroatoms. The number of pyridine rings is 1. The van der Waals surface area contributed by atoms with Gasteiger partial charge in [0.05, 0.1) is 12.5 Å². The Labute approximate surface area is 269 Å². The van der Waals surface area contributed by atoms with Crippen molar-refractivity contribution >= 4 is 18.1 Å². The first-order valence-corrected chi connectivity index (χ1v) is 13.9. The molecule has 0 amide bonds. The Kier molecular flexibility index (Phi) is 21.9. The van der Waals surface area contributed by atoms with Crippen LogP contribution < -0.4 is 5.32 Å². The fourth-order valence-corrected chi connectivity index (χ4v) is 4.70. The molecule has 0 bridgehead atoms. The Morgan fingerprint density at radius 3 is 2.10 bits per heavy atom. The molecular formula is C34H55FN4U. The molecule has 0 spiro atoms. The van der Waals surface area contributed by atoms with Gasteiger partial charge in [0.1, 0.15) is 5.84 Å². The van der Waals surface area contributed by atoms with E-state index in [0.717, 1.165) is 28.8 Å². The Hall–Kier alpha value is -2.16. The van der Waals surface area contributed by atoms with E-state index in [9.17, 15) is 0 Å². The van der Waals surface area contributed by atoms with Gasteiger partial charge in [-0.25, -0.2) is 0 Å². The van der Waals surface area contributed by atoms with Gasteiger partial charge in [-0.2, -0.15) is 4.39 Å². The summed E-state index contributed by atoms with van der Waals surface area (Å²) < 4.78 is 17.9. The molecule has 1 N–H and O–H groups in total. The fourth-order valence-electron chi connectivity index (χ4n) is 4.70. The Morgan fingerprint density at radius 2 is 1.65 bits per heavy atom. The van der Waals surface area contributed by atoms with Crippen molar-refractivity contribution in [3.8, 4) is 0 Å². The summed E-state index contributed by atoms with van der Waals surface area (Å²) in [4.78, 5) is 8.41. The summed E-state index contributed by atoms with van der Waals surface area (Å²) in [5.74, 6) is -1.04. The number of nitrogens with zero attached hydrogens (tertiary/aromatic N) is 3. The second-order valence-corrected chi connectivity index (χ2v) is 9.36. The molecule has 1 aromatic heterocycles. The van der Waals surface area contributed by atoms with Crippen LogP contribution >= 0.6 is 0 Å². The van der Waals surface area contributed by atoms with Crippen LogP contribution in [0.1, 0.15) is 81.2 Å². The van der Waals surface area contributed by atoms with Crippen molar-refractivity contribution in [3.63, 3.8) is 0 Å². The smallest absolute Gasteiger partial charge is 0.225 e. The van der Waals surface area contributed by atoms with Crippen molar-refractivity contribution in [1.29, 1.82) is 0 Å². The van der Waals surface area contributed by atoms with E-state index in [4.69, 9.17) is 0 Å². The number of hydrogen-bond acceptors (Lipinski definition) is 3. The minimum atomic E-state index is -1.72. The van der Waals surface area contributed by atoms with E-state index < -0.39 is 16.6 Å². The van der Waals surface area contributed by atoms with E-state index in [1.54, 1.807) is 26.4 Å². The number of allylic oxidation sites excluding steroid dienone is 4. The summed E-state index contributed by atoms with van der Waals surface area (Å²) in [5, 5.41) is 3.21. The van der Waals surface area contributed by atoms with Crippen LogP contribution in [0.4, 0.5) is 4.39 Å². The molecule has 1 aromatic rings. The maximum atomic E-state index is 16.4. The number of alkyl halides is 1. The third kappa shape index (κ3) is 10.0. The number of amidine groups is 1. The van der Waals surface area contributed by atoms with Gasteiger partial charge in [-0.05, 0) is 69.0 Å². The van der Waals surface area contributed by atoms with Crippen LogP contribution in [0.15, 0.2) is 84.2 Å². The van der Waals surface area contributed by atoms with Crippen LogP contribution in [0.5, 0.6) is 0 Å². The molecule has 40 heavy (non-hydrogen) atoms. The molecule has 2 heterocycles. The maximum absolute atomic E-state index is 16.4. The number of aliphatic imine (C=N–C) groups is 1. The molecular weight excluding hydrogens is 721 g/mol. The third-order valence-electron chi connectivity index (χ3n) is 6.82. The summed E-state index contributed by atoms with van der Waals surface area (Å²) in [5.41, 5.74) is 2.70. The zero-order valence-corrected chi connectivity index (χ0v) is 31.3. The first-order valence-electron chi connectivity index (χ1n) is 13.9. The van der Waals surface area contributed by atoms with Crippen molar-refractivity contribution < 1.29 is 40.1 Å². The summed E-state index contributed by atoms with van der Waals surface area (Å²) >= 11 is 0. The molecule has 1 aliphatic rings. The predicted octanol–water partition coefficient (Wildman–Crippen LogP) is 9.01. The molecule has 222 valence electrons. The summed E-state index contributed by atoms with van der Waals surface area (Å²) in [6, 6.07) is 3.91. The molecule has 0 radical (unpaired) electrons. The number of halogens is 1. The van der Waals surface area contributed by atoms with Gasteiger partial charge < -0.3 is 9.89 Å². The first kappa shape index (κ1) is 42.3. The van der Waals surface area contributed by atoms with Gasteiger partial charge in [0.15, 0.2) is 0 Å². The van der Waals surface area contributed by atoms with Crippen LogP contribution in [-0.2, 0) is 0 Å². The molecule has 4 nitrogen and oxygen atoms in total. The first-order chi connectivity index (χ1) is 18.5. The summed E-state index contributed by atoms with van der Waals surface area (Å²) in [7, 11) is 5.88. The summed E-state index contributed by atoms with van der Waals surface area (Å²) in [6.45, 7) is 30.6. The predicted molar refractivity (Wildman–Crippen MR) is 173 cm³/mol. The van der Waals surface area contributed by atoms with Crippen LogP contribution in [0.25, 0.3) is 6.08 Å². The topological polar surface area (TPSA) is 40.3 Å². The van der Waals surface area contributed by atoms with Gasteiger partial charge in [-0.1, -0.05) is 65.5 Å². The van der Waals surface area contributed by atoms with E-state index in [0.29, 0.717) is 12.3 Å². The Bertz CT molecular complexity index is 1030. The standard InChI is InChI=1S/C28H39FN4.2C2H6.C2H4.U/c1-10-27(6)24(26(4,5)28(7,29)33(9)25(27)30-8)23(20-21(3)14-17-31-11-2)13-12-22-15-18-32-19-16-22;3*1-2;/h10,12-19,30H,1,9,11,20H2,2-8H3;2*1-2H3;1-2H2;/b13-12+,21-14+,24-23+,31-17?;;;;/t27?,28-;;;;/m1..../s1. The summed E-state index contributed by atoms with van der Waals surface area (Å²) in [6.07, 6.45) is 14.1. The molecule has 0 aromatic carbocycles. The molecule has 0 saturated heterocycles. The van der Waals surface area contributed by atoms with Crippen LogP contribution in [0.2, 0.25) is 0 Å². The van der Waals surface area contributed by atoms with E-state index >= 15 is 4.39 Å². The molecule has 2 atom stereocenters. The molecule has 0 fully saturated rings. The zero-order valence-electron chi connectivity index (χ0n) is 27.2. The van der Waals surface area contributed by atoms with E-state index in [-0.39, 0.29) is 31.1 Å². The van der Waals surface area contributed by atoms with E-state index in [1.807, 2.05) is 79.0 Å². The van der Waals surface area contributed by atoms with Crippen LogP contribution in [0, 0.1) is 49.0 Å².